The quantitative estimate of drug-likeness (QED) is 0.805. The van der Waals surface area contributed by atoms with Crippen LogP contribution in [0.1, 0.15) is 0 Å². The van der Waals surface area contributed by atoms with E-state index in [4.69, 9.17) is 17.3 Å². The van der Waals surface area contributed by atoms with Crippen molar-refractivity contribution in [2.24, 2.45) is 5.73 Å². The van der Waals surface area contributed by atoms with Gasteiger partial charge in [0.1, 0.15) is 4.90 Å². The molecule has 0 bridgehead atoms. The zero-order valence-corrected chi connectivity index (χ0v) is 12.0. The molecule has 0 saturated carbocycles. The highest BCUT2D eigenvalue weighted by molar-refractivity contribution is 9.10. The molecule has 7 heteroatoms. The summed E-state index contributed by atoms with van der Waals surface area (Å²) in [6, 6.07) is 4.60. The second-order valence-electron chi connectivity index (χ2n) is 3.13. The topological polar surface area (TPSA) is 72.2 Å². The van der Waals surface area contributed by atoms with Crippen LogP contribution < -0.4 is 10.5 Å². The number of nitrogens with one attached hydrogen (secondary N) is 1. The van der Waals surface area contributed by atoms with Gasteiger partial charge in [-0.2, -0.15) is 0 Å². The molecule has 1 aromatic carbocycles. The van der Waals surface area contributed by atoms with Crippen molar-refractivity contribution in [3.8, 4) is 0 Å². The molecule has 0 fully saturated rings. The van der Waals surface area contributed by atoms with Gasteiger partial charge in [-0.25, -0.2) is 13.1 Å². The van der Waals surface area contributed by atoms with Gasteiger partial charge in [-0.1, -0.05) is 39.7 Å². The first kappa shape index (κ1) is 14.7. The smallest absolute Gasteiger partial charge is 0.242 e. The lowest BCUT2D eigenvalue weighted by molar-refractivity contribution is 0.585. The summed E-state index contributed by atoms with van der Waals surface area (Å²) in [4.78, 5) is 0.0588. The van der Waals surface area contributed by atoms with Crippen LogP contribution >= 0.6 is 27.5 Å². The molecule has 1 rings (SSSR count). The van der Waals surface area contributed by atoms with Gasteiger partial charge in [0, 0.05) is 17.6 Å². The number of benzene rings is 1. The maximum atomic E-state index is 11.9. The number of halogens is 2. The van der Waals surface area contributed by atoms with Crippen LogP contribution in [0.5, 0.6) is 0 Å². The molecule has 0 saturated heterocycles. The van der Waals surface area contributed by atoms with E-state index in [9.17, 15) is 8.42 Å². The fourth-order valence-corrected chi connectivity index (χ4v) is 3.12. The van der Waals surface area contributed by atoms with Crippen LogP contribution in [0.3, 0.4) is 0 Å². The molecule has 3 N–H and O–H groups in total. The largest absolute Gasteiger partial charge is 0.327 e. The first-order valence-electron chi connectivity index (χ1n) is 4.77. The van der Waals surface area contributed by atoms with Gasteiger partial charge in [-0.15, -0.1) is 0 Å². The van der Waals surface area contributed by atoms with Crippen LogP contribution in [0.4, 0.5) is 0 Å². The van der Waals surface area contributed by atoms with Crippen molar-refractivity contribution in [3.63, 3.8) is 0 Å². The summed E-state index contributed by atoms with van der Waals surface area (Å²) in [5.74, 6) is 0. The van der Waals surface area contributed by atoms with Crippen molar-refractivity contribution in [3.05, 3.63) is 39.8 Å². The summed E-state index contributed by atoms with van der Waals surface area (Å²) >= 11 is 9.08. The summed E-state index contributed by atoms with van der Waals surface area (Å²) in [5, 5.41) is 0.176. The van der Waals surface area contributed by atoms with Crippen LogP contribution in [0.15, 0.2) is 39.7 Å². The highest BCUT2D eigenvalue weighted by Gasteiger charge is 2.16. The van der Waals surface area contributed by atoms with Crippen molar-refractivity contribution in [2.75, 3.05) is 13.1 Å². The highest BCUT2D eigenvalue weighted by atomic mass is 79.9. The Balaban J connectivity index is 2.86. The van der Waals surface area contributed by atoms with Gasteiger partial charge in [0.25, 0.3) is 0 Å². The third-order valence-electron chi connectivity index (χ3n) is 1.88. The Hall–Kier alpha value is -0.400. The van der Waals surface area contributed by atoms with E-state index in [2.05, 4.69) is 20.7 Å². The molecule has 0 aliphatic heterocycles. The van der Waals surface area contributed by atoms with Crippen LogP contribution in [0.25, 0.3) is 0 Å². The first-order chi connectivity index (χ1) is 7.97. The number of hydrogen-bond acceptors (Lipinski definition) is 3. The minimum atomic E-state index is -3.58. The maximum Gasteiger partial charge on any atom is 0.242 e. The van der Waals surface area contributed by atoms with E-state index in [1.165, 1.54) is 12.1 Å². The SMILES string of the molecule is NC/C=C/CNS(=O)(=O)c1ccc(Br)cc1Cl. The van der Waals surface area contributed by atoms with Crippen LogP contribution in [0, 0.1) is 0 Å². The van der Waals surface area contributed by atoms with E-state index in [0.29, 0.717) is 6.54 Å². The molecule has 1 aromatic rings. The minimum absolute atomic E-state index is 0.0588. The Labute approximate surface area is 114 Å². The summed E-state index contributed by atoms with van der Waals surface area (Å²) in [6.45, 7) is 0.562. The first-order valence-corrected chi connectivity index (χ1v) is 7.42. The van der Waals surface area contributed by atoms with E-state index in [1.807, 2.05) is 0 Å². The normalized spacial score (nSPS) is 12.2. The molecule has 0 radical (unpaired) electrons. The Kier molecular flexibility index (Phi) is 5.61. The third kappa shape index (κ3) is 4.40. The van der Waals surface area contributed by atoms with E-state index < -0.39 is 10.0 Å². The van der Waals surface area contributed by atoms with Gasteiger partial charge in [0.2, 0.25) is 10.0 Å². The fourth-order valence-electron chi connectivity index (χ4n) is 1.11. The predicted octanol–water partition coefficient (Wildman–Crippen LogP) is 1.90. The molecule has 4 nitrogen and oxygen atoms in total. The van der Waals surface area contributed by atoms with Crippen molar-refractivity contribution in [1.29, 1.82) is 0 Å². The van der Waals surface area contributed by atoms with Crippen LogP contribution in [-0.4, -0.2) is 21.5 Å². The van der Waals surface area contributed by atoms with Gasteiger partial charge in [0.05, 0.1) is 5.02 Å². The number of hydrogen-bond donors (Lipinski definition) is 2. The zero-order valence-electron chi connectivity index (χ0n) is 8.86. The van der Waals surface area contributed by atoms with E-state index in [-0.39, 0.29) is 16.5 Å². The lowest BCUT2D eigenvalue weighted by Gasteiger charge is -2.06. The van der Waals surface area contributed by atoms with Gasteiger partial charge in [-0.3, -0.25) is 0 Å². The average molecular weight is 340 g/mol. The molecule has 0 aliphatic carbocycles. The molecule has 0 aromatic heterocycles. The van der Waals surface area contributed by atoms with Crippen molar-refractivity contribution in [2.45, 2.75) is 4.90 Å². The molecule has 0 spiro atoms. The lowest BCUT2D eigenvalue weighted by atomic mass is 10.4. The van der Waals surface area contributed by atoms with E-state index >= 15 is 0 Å². The van der Waals surface area contributed by atoms with Gasteiger partial charge in [0.15, 0.2) is 0 Å². The van der Waals surface area contributed by atoms with Gasteiger partial charge in [-0.05, 0) is 18.2 Å². The molecule has 0 unspecified atom stereocenters. The van der Waals surface area contributed by atoms with Crippen LogP contribution in [-0.2, 0) is 10.0 Å². The Morgan fingerprint density at radius 2 is 2.12 bits per heavy atom. The summed E-state index contributed by atoms with van der Waals surface area (Å²) in [5.41, 5.74) is 5.24. The maximum absolute atomic E-state index is 11.9. The fraction of sp³-hybridized carbons (Fsp3) is 0.200. The van der Waals surface area contributed by atoms with E-state index in [0.717, 1.165) is 4.47 Å². The lowest BCUT2D eigenvalue weighted by Crippen LogP contribution is -2.24. The summed E-state index contributed by atoms with van der Waals surface area (Å²) < 4.78 is 26.8. The zero-order chi connectivity index (χ0) is 12.9. The van der Waals surface area contributed by atoms with Crippen molar-refractivity contribution < 1.29 is 8.42 Å². The predicted molar refractivity (Wildman–Crippen MR) is 72.5 cm³/mol. The molecular formula is C10H12BrClN2O2S. The molecule has 0 amide bonds. The van der Waals surface area contributed by atoms with Gasteiger partial charge < -0.3 is 5.73 Å². The Morgan fingerprint density at radius 1 is 1.41 bits per heavy atom. The summed E-state index contributed by atoms with van der Waals surface area (Å²) in [7, 11) is -3.58. The standard InChI is InChI=1S/C10H12BrClN2O2S/c11-8-3-4-10(9(12)7-8)17(15,16)14-6-2-1-5-13/h1-4,7,14H,5-6,13H2/b2-1+. The molecule has 17 heavy (non-hydrogen) atoms. The molecule has 0 heterocycles. The van der Waals surface area contributed by atoms with Crippen LogP contribution in [0.2, 0.25) is 5.02 Å². The number of nitrogens with two attached hydrogens (primary N) is 1. The Morgan fingerprint density at radius 3 is 2.71 bits per heavy atom. The third-order valence-corrected chi connectivity index (χ3v) is 4.28. The second kappa shape index (κ2) is 6.51. The molecule has 0 atom stereocenters. The van der Waals surface area contributed by atoms with E-state index in [1.54, 1.807) is 18.2 Å². The average Bonchev–Trinajstić information content (AvgIpc) is 2.24. The van der Waals surface area contributed by atoms with Crippen molar-refractivity contribution in [1.82, 2.24) is 4.72 Å². The Bertz CT molecular complexity index is 517. The number of rotatable bonds is 5. The van der Waals surface area contributed by atoms with Crippen molar-refractivity contribution >= 4 is 37.6 Å². The second-order valence-corrected chi connectivity index (χ2v) is 6.19. The summed E-state index contributed by atoms with van der Waals surface area (Å²) in [6.07, 6.45) is 3.32. The van der Waals surface area contributed by atoms with Gasteiger partial charge >= 0.3 is 0 Å². The number of sulfonamides is 1. The minimum Gasteiger partial charge on any atom is -0.327 e. The monoisotopic (exact) mass is 338 g/mol. The highest BCUT2D eigenvalue weighted by Crippen LogP contribution is 2.24. The molecule has 94 valence electrons. The molecule has 0 aliphatic rings. The molecular weight excluding hydrogens is 328 g/mol.